The van der Waals surface area contributed by atoms with Gasteiger partial charge in [-0.05, 0) is 36.6 Å². The molecule has 8 nitrogen and oxygen atoms in total. The van der Waals surface area contributed by atoms with Crippen LogP contribution in [0.3, 0.4) is 0 Å². The fourth-order valence-corrected chi connectivity index (χ4v) is 3.38. The van der Waals surface area contributed by atoms with E-state index < -0.39 is 0 Å². The number of aryl methyl sites for hydroxylation is 1. The van der Waals surface area contributed by atoms with Gasteiger partial charge in [-0.25, -0.2) is 0 Å². The zero-order valence-electron chi connectivity index (χ0n) is 17.9. The van der Waals surface area contributed by atoms with Crippen molar-refractivity contribution in [3.8, 4) is 23.0 Å². The van der Waals surface area contributed by atoms with Crippen LogP contribution in [0.1, 0.15) is 18.4 Å². The number of carbonyl (C=O) groups excluding carboxylic acids is 1. The molecule has 1 N–H and O–H groups in total. The van der Waals surface area contributed by atoms with Gasteiger partial charge in [-0.15, -0.1) is 15.3 Å². The molecule has 4 rings (SSSR count). The number of ether oxygens (including phenoxy) is 2. The average molecular weight is 431 g/mol. The minimum absolute atomic E-state index is 0.0187. The highest BCUT2D eigenvalue weighted by atomic mass is 16.5. The lowest BCUT2D eigenvalue weighted by Gasteiger charge is -2.09. The van der Waals surface area contributed by atoms with Crippen LogP contribution < -0.4 is 14.8 Å². The number of nitrogens with one attached hydrogen (secondary N) is 1. The largest absolute Gasteiger partial charge is 0.496 e. The van der Waals surface area contributed by atoms with Crippen LogP contribution in [0.25, 0.3) is 17.0 Å². The maximum atomic E-state index is 12.0. The summed E-state index contributed by atoms with van der Waals surface area (Å²) >= 11 is 0. The van der Waals surface area contributed by atoms with Crippen LogP contribution in [-0.4, -0.2) is 46.0 Å². The minimum atomic E-state index is 0.0187. The summed E-state index contributed by atoms with van der Waals surface area (Å²) in [5.41, 5.74) is 2.63. The van der Waals surface area contributed by atoms with Crippen molar-refractivity contribution in [1.29, 1.82) is 0 Å². The Labute approximate surface area is 186 Å². The van der Waals surface area contributed by atoms with Crippen molar-refractivity contribution in [1.82, 2.24) is 25.1 Å². The number of hydrogen-bond donors (Lipinski definition) is 1. The summed E-state index contributed by atoms with van der Waals surface area (Å²) in [7, 11) is 1.61. The molecule has 0 saturated heterocycles. The zero-order valence-corrected chi connectivity index (χ0v) is 17.9. The van der Waals surface area contributed by atoms with Gasteiger partial charge in [0.2, 0.25) is 11.8 Å². The molecule has 4 aromatic rings. The van der Waals surface area contributed by atoms with E-state index in [0.717, 1.165) is 18.4 Å². The van der Waals surface area contributed by atoms with Gasteiger partial charge in [-0.2, -0.15) is 4.52 Å². The fourth-order valence-electron chi connectivity index (χ4n) is 3.38. The topological polar surface area (TPSA) is 90.6 Å². The quantitative estimate of drug-likeness (QED) is 0.388. The van der Waals surface area contributed by atoms with Crippen LogP contribution in [0.4, 0.5) is 0 Å². The van der Waals surface area contributed by atoms with E-state index in [1.807, 2.05) is 42.5 Å². The summed E-state index contributed by atoms with van der Waals surface area (Å²) in [5.74, 6) is 1.69. The highest BCUT2D eigenvalue weighted by Crippen LogP contribution is 2.28. The summed E-state index contributed by atoms with van der Waals surface area (Å²) in [6.45, 7) is 0.723. The van der Waals surface area contributed by atoms with E-state index in [4.69, 9.17) is 9.47 Å². The third-order valence-electron chi connectivity index (χ3n) is 4.97. The molecule has 0 bridgehead atoms. The lowest BCUT2D eigenvalue weighted by atomic mass is 10.1. The zero-order chi connectivity index (χ0) is 22.2. The number of nitrogens with zero attached hydrogens (tertiary/aromatic N) is 4. The Hall–Kier alpha value is -3.94. The second-order valence-corrected chi connectivity index (χ2v) is 7.20. The molecule has 0 radical (unpaired) electrons. The predicted molar refractivity (Wildman–Crippen MR) is 121 cm³/mol. The van der Waals surface area contributed by atoms with Crippen LogP contribution in [0.15, 0.2) is 66.7 Å². The maximum Gasteiger partial charge on any atom is 0.231 e. The molecular weight excluding hydrogens is 406 g/mol. The molecule has 2 aromatic heterocycles. The summed E-state index contributed by atoms with van der Waals surface area (Å²) < 4.78 is 12.8. The number of amides is 1. The molecule has 32 heavy (non-hydrogen) atoms. The van der Waals surface area contributed by atoms with Gasteiger partial charge in [-0.3, -0.25) is 4.79 Å². The molecule has 0 aliphatic carbocycles. The van der Waals surface area contributed by atoms with Crippen molar-refractivity contribution < 1.29 is 14.3 Å². The van der Waals surface area contributed by atoms with Crippen molar-refractivity contribution in [2.75, 3.05) is 20.3 Å². The lowest BCUT2D eigenvalue weighted by molar-refractivity contribution is -0.121. The second-order valence-electron chi connectivity index (χ2n) is 7.20. The Kier molecular flexibility index (Phi) is 6.91. The molecule has 0 aliphatic rings. The molecule has 1 amide bonds. The first kappa shape index (κ1) is 21.3. The first-order valence-corrected chi connectivity index (χ1v) is 10.5. The van der Waals surface area contributed by atoms with Crippen molar-refractivity contribution >= 4 is 11.6 Å². The third kappa shape index (κ3) is 5.21. The maximum absolute atomic E-state index is 12.0. The van der Waals surface area contributed by atoms with E-state index in [1.165, 1.54) is 5.56 Å². The molecule has 0 saturated carbocycles. The molecule has 2 heterocycles. The van der Waals surface area contributed by atoms with Crippen molar-refractivity contribution in [3.05, 3.63) is 72.3 Å². The molecular formula is C24H25N5O3. The predicted octanol–water partition coefficient (Wildman–Crippen LogP) is 3.32. The highest BCUT2D eigenvalue weighted by Gasteiger charge is 2.14. The standard InChI is InChI=1S/C24H25N5O3/c1-31-20-12-6-5-11-19(20)24-27-26-21-14-15-23(28-29(21)24)32-17-16-25-22(30)13-7-10-18-8-3-2-4-9-18/h2-6,8-9,11-12,14-15H,7,10,13,16-17H2,1H3,(H,25,30). The van der Waals surface area contributed by atoms with Crippen LogP contribution >= 0.6 is 0 Å². The molecule has 164 valence electrons. The van der Waals surface area contributed by atoms with E-state index in [0.29, 0.717) is 42.7 Å². The normalized spacial score (nSPS) is 10.8. The van der Waals surface area contributed by atoms with E-state index in [9.17, 15) is 4.79 Å². The van der Waals surface area contributed by atoms with Gasteiger partial charge in [0.05, 0.1) is 19.2 Å². The van der Waals surface area contributed by atoms with Gasteiger partial charge >= 0.3 is 0 Å². The molecule has 0 unspecified atom stereocenters. The third-order valence-corrected chi connectivity index (χ3v) is 4.97. The number of benzene rings is 2. The minimum Gasteiger partial charge on any atom is -0.496 e. The molecule has 0 atom stereocenters. The van der Waals surface area contributed by atoms with Gasteiger partial charge in [0.1, 0.15) is 12.4 Å². The van der Waals surface area contributed by atoms with Crippen LogP contribution in [0, 0.1) is 0 Å². The molecule has 0 aliphatic heterocycles. The Bertz CT molecular complexity index is 1180. The smallest absolute Gasteiger partial charge is 0.231 e. The number of para-hydroxylation sites is 1. The Morgan fingerprint density at radius 2 is 1.81 bits per heavy atom. The van der Waals surface area contributed by atoms with Gasteiger partial charge in [0.15, 0.2) is 11.5 Å². The number of aromatic nitrogens is 4. The number of methoxy groups -OCH3 is 1. The number of carbonyl (C=O) groups is 1. The van der Waals surface area contributed by atoms with E-state index in [2.05, 4.69) is 32.7 Å². The molecule has 0 spiro atoms. The SMILES string of the molecule is COc1ccccc1-c1nnc2ccc(OCCNC(=O)CCCc3ccccc3)nn12. The number of rotatable bonds is 10. The van der Waals surface area contributed by atoms with Gasteiger partial charge in [-0.1, -0.05) is 42.5 Å². The van der Waals surface area contributed by atoms with Crippen molar-refractivity contribution in [3.63, 3.8) is 0 Å². The Morgan fingerprint density at radius 3 is 2.66 bits per heavy atom. The van der Waals surface area contributed by atoms with Gasteiger partial charge in [0.25, 0.3) is 0 Å². The number of hydrogen-bond acceptors (Lipinski definition) is 6. The highest BCUT2D eigenvalue weighted by molar-refractivity contribution is 5.75. The lowest BCUT2D eigenvalue weighted by Crippen LogP contribution is -2.28. The van der Waals surface area contributed by atoms with Gasteiger partial charge in [0, 0.05) is 12.5 Å². The molecule has 2 aromatic carbocycles. The van der Waals surface area contributed by atoms with E-state index in [1.54, 1.807) is 23.8 Å². The van der Waals surface area contributed by atoms with Crippen molar-refractivity contribution in [2.24, 2.45) is 0 Å². The van der Waals surface area contributed by atoms with Crippen LogP contribution in [0.2, 0.25) is 0 Å². The summed E-state index contributed by atoms with van der Waals surface area (Å²) in [6.07, 6.45) is 2.19. The Morgan fingerprint density at radius 1 is 1.00 bits per heavy atom. The number of fused-ring (bicyclic) bond motifs is 1. The summed E-state index contributed by atoms with van der Waals surface area (Å²) in [4.78, 5) is 12.0. The van der Waals surface area contributed by atoms with Gasteiger partial charge < -0.3 is 14.8 Å². The first-order chi connectivity index (χ1) is 15.7. The molecule has 8 heteroatoms. The second kappa shape index (κ2) is 10.4. The van der Waals surface area contributed by atoms with Crippen LogP contribution in [-0.2, 0) is 11.2 Å². The van der Waals surface area contributed by atoms with Crippen molar-refractivity contribution in [2.45, 2.75) is 19.3 Å². The summed E-state index contributed by atoms with van der Waals surface area (Å²) in [5, 5.41) is 15.8. The first-order valence-electron chi connectivity index (χ1n) is 10.5. The van der Waals surface area contributed by atoms with E-state index >= 15 is 0 Å². The van der Waals surface area contributed by atoms with Crippen LogP contribution in [0.5, 0.6) is 11.6 Å². The average Bonchev–Trinajstić information content (AvgIpc) is 3.25. The monoisotopic (exact) mass is 431 g/mol. The molecule has 0 fully saturated rings. The summed E-state index contributed by atoms with van der Waals surface area (Å²) in [6, 6.07) is 21.2. The Balaban J connectivity index is 1.29. The van der Waals surface area contributed by atoms with E-state index in [-0.39, 0.29) is 5.91 Å². The fraction of sp³-hybridized carbons (Fsp3) is 0.250.